The zero-order chi connectivity index (χ0) is 22.7. The molecule has 0 saturated carbocycles. The topological polar surface area (TPSA) is 127 Å². The monoisotopic (exact) mass is 455 g/mol. The molecule has 4 rings (SSSR count). The molecule has 0 amide bonds. The van der Waals surface area contributed by atoms with E-state index in [1.807, 2.05) is 25.1 Å². The minimum atomic E-state index is -0.893. The summed E-state index contributed by atoms with van der Waals surface area (Å²) in [6, 6.07) is 5.56. The second kappa shape index (κ2) is 9.23. The number of benzene rings is 1. The van der Waals surface area contributed by atoms with Crippen LogP contribution in [0.2, 0.25) is 5.02 Å². The van der Waals surface area contributed by atoms with Gasteiger partial charge in [0, 0.05) is 36.6 Å². The highest BCUT2D eigenvalue weighted by Crippen LogP contribution is 2.32. The quantitative estimate of drug-likeness (QED) is 0.347. The minimum Gasteiger partial charge on any atom is -0.495 e. The summed E-state index contributed by atoms with van der Waals surface area (Å²) >= 11 is 6.24. The Labute approximate surface area is 188 Å². The van der Waals surface area contributed by atoms with Crippen LogP contribution in [-0.2, 0) is 17.9 Å². The molecule has 0 bridgehead atoms. The number of hydrogen-bond acceptors (Lipinski definition) is 8. The first-order valence-electron chi connectivity index (χ1n) is 10.0. The van der Waals surface area contributed by atoms with Crippen LogP contribution in [0.4, 0.5) is 11.6 Å². The van der Waals surface area contributed by atoms with Gasteiger partial charge in [0.05, 0.1) is 30.1 Å². The van der Waals surface area contributed by atoms with E-state index in [1.165, 1.54) is 0 Å². The smallest absolute Gasteiger partial charge is 0.305 e. The lowest BCUT2D eigenvalue weighted by molar-refractivity contribution is -0.136. The number of aliphatic carboxylic acids is 1. The van der Waals surface area contributed by atoms with Crippen molar-refractivity contribution in [1.82, 2.24) is 25.0 Å². The molecule has 3 N–H and O–H groups in total. The van der Waals surface area contributed by atoms with Gasteiger partial charge in [0.25, 0.3) is 0 Å². The summed E-state index contributed by atoms with van der Waals surface area (Å²) < 4.78 is 7.01. The second-order valence-corrected chi connectivity index (χ2v) is 7.44. The lowest BCUT2D eigenvalue weighted by atomic mass is 10.1. The molecule has 166 valence electrons. The van der Waals surface area contributed by atoms with Crippen molar-refractivity contribution < 1.29 is 14.6 Å². The number of methoxy groups -OCH3 is 1. The number of ether oxygens (including phenoxy) is 1. The van der Waals surface area contributed by atoms with Crippen LogP contribution in [-0.4, -0.2) is 49.7 Å². The Balaban J connectivity index is 1.73. The third-order valence-electron chi connectivity index (χ3n) is 5.02. The van der Waals surface area contributed by atoms with Gasteiger partial charge in [-0.2, -0.15) is 5.10 Å². The molecule has 0 aliphatic carbocycles. The number of hydrogen-bond donors (Lipinski definition) is 3. The summed E-state index contributed by atoms with van der Waals surface area (Å²) in [4.78, 5) is 15.4. The Bertz CT molecular complexity index is 1290. The molecule has 3 heterocycles. The highest BCUT2D eigenvalue weighted by Gasteiger charge is 2.16. The first kappa shape index (κ1) is 21.6. The lowest BCUT2D eigenvalue weighted by Crippen LogP contribution is -2.11. The molecule has 0 spiro atoms. The van der Waals surface area contributed by atoms with Gasteiger partial charge in [-0.15, -0.1) is 10.2 Å². The van der Waals surface area contributed by atoms with E-state index in [4.69, 9.17) is 21.4 Å². The van der Waals surface area contributed by atoms with Crippen molar-refractivity contribution in [2.45, 2.75) is 26.4 Å². The van der Waals surface area contributed by atoms with Crippen molar-refractivity contribution in [3.05, 3.63) is 41.2 Å². The lowest BCUT2D eigenvalue weighted by Gasteiger charge is -2.13. The molecule has 0 saturated heterocycles. The molecule has 10 nitrogen and oxygen atoms in total. The van der Waals surface area contributed by atoms with Crippen molar-refractivity contribution in [2.75, 3.05) is 24.3 Å². The van der Waals surface area contributed by atoms with Crippen LogP contribution in [0.5, 0.6) is 5.75 Å². The van der Waals surface area contributed by atoms with Gasteiger partial charge in [0.1, 0.15) is 5.75 Å². The molecule has 11 heteroatoms. The van der Waals surface area contributed by atoms with Crippen molar-refractivity contribution in [3.63, 3.8) is 0 Å². The van der Waals surface area contributed by atoms with Gasteiger partial charge in [0.15, 0.2) is 17.3 Å². The van der Waals surface area contributed by atoms with Gasteiger partial charge in [0.2, 0.25) is 0 Å². The van der Waals surface area contributed by atoms with E-state index >= 15 is 0 Å². The van der Waals surface area contributed by atoms with Gasteiger partial charge in [-0.3, -0.25) is 4.79 Å². The number of carboxylic acids is 1. The minimum absolute atomic E-state index is 0.0369. The molecule has 0 aliphatic rings. The van der Waals surface area contributed by atoms with Crippen molar-refractivity contribution in [1.29, 1.82) is 0 Å². The number of carbonyl (C=O) groups is 1. The average Bonchev–Trinajstić information content (AvgIpc) is 3.21. The van der Waals surface area contributed by atoms with Crippen LogP contribution in [0, 0.1) is 0 Å². The fourth-order valence-corrected chi connectivity index (χ4v) is 3.72. The number of aryl methyl sites for hydroxylation is 1. The summed E-state index contributed by atoms with van der Waals surface area (Å²) in [6.07, 6.45) is 3.43. The van der Waals surface area contributed by atoms with Crippen LogP contribution in [0.1, 0.15) is 18.9 Å². The number of aromatic nitrogens is 5. The average molecular weight is 456 g/mol. The van der Waals surface area contributed by atoms with Gasteiger partial charge in [-0.25, -0.2) is 9.67 Å². The highest BCUT2D eigenvalue weighted by molar-refractivity contribution is 6.32. The maximum atomic E-state index is 10.9. The summed E-state index contributed by atoms with van der Waals surface area (Å²) in [7, 11) is 1.57. The molecule has 4 aromatic rings. The third kappa shape index (κ3) is 4.22. The number of nitrogens with zero attached hydrogens (tertiary/aromatic N) is 5. The molecule has 0 radical (unpaired) electrons. The molecular formula is C21H22ClN7O3. The fraction of sp³-hybridized carbons (Fsp3) is 0.286. The fourth-order valence-electron chi connectivity index (χ4n) is 3.44. The van der Waals surface area contributed by atoms with Crippen molar-refractivity contribution in [3.8, 4) is 5.75 Å². The van der Waals surface area contributed by atoms with Crippen LogP contribution in [0.15, 0.2) is 30.6 Å². The van der Waals surface area contributed by atoms with Crippen molar-refractivity contribution in [2.24, 2.45) is 0 Å². The first-order chi connectivity index (χ1) is 15.5. The molecule has 0 atom stereocenters. The highest BCUT2D eigenvalue weighted by atomic mass is 35.5. The summed E-state index contributed by atoms with van der Waals surface area (Å²) in [6.45, 7) is 3.36. The Morgan fingerprint density at radius 3 is 2.72 bits per heavy atom. The van der Waals surface area contributed by atoms with Gasteiger partial charge >= 0.3 is 5.97 Å². The maximum absolute atomic E-state index is 10.9. The Hall–Kier alpha value is -3.66. The summed E-state index contributed by atoms with van der Waals surface area (Å²) in [5.41, 5.74) is 1.68. The zero-order valence-corrected chi connectivity index (χ0v) is 18.3. The number of fused-ring (bicyclic) bond motifs is 3. The molecule has 32 heavy (non-hydrogen) atoms. The van der Waals surface area contributed by atoms with Gasteiger partial charge in [-0.05, 0) is 24.6 Å². The van der Waals surface area contributed by atoms with Crippen LogP contribution >= 0.6 is 11.6 Å². The molecule has 0 fully saturated rings. The molecule has 0 aliphatic heterocycles. The normalized spacial score (nSPS) is 11.1. The number of pyridine rings is 1. The SMILES string of the molecule is CCn1ncc2c3c(NCc4ccc(OC)c(Cl)c4)nnc(NCCC(=O)O)c3cnc21. The van der Waals surface area contributed by atoms with E-state index in [2.05, 4.69) is 30.9 Å². The number of nitrogens with one attached hydrogen (secondary N) is 2. The zero-order valence-electron chi connectivity index (χ0n) is 17.6. The Morgan fingerprint density at radius 2 is 2.00 bits per heavy atom. The van der Waals surface area contributed by atoms with Gasteiger partial charge in [-0.1, -0.05) is 17.7 Å². The molecular weight excluding hydrogens is 434 g/mol. The molecule has 3 aromatic heterocycles. The second-order valence-electron chi connectivity index (χ2n) is 7.03. The molecule has 1 aromatic carbocycles. The summed E-state index contributed by atoms with van der Waals surface area (Å²) in [5, 5.41) is 31.2. The predicted octanol–water partition coefficient (Wildman–Crippen LogP) is 3.56. The van der Waals surface area contributed by atoms with Crippen molar-refractivity contribution >= 4 is 51.0 Å². The number of anilines is 2. The Kier molecular flexibility index (Phi) is 6.22. The Morgan fingerprint density at radius 1 is 1.19 bits per heavy atom. The first-order valence-corrected chi connectivity index (χ1v) is 10.4. The van der Waals surface area contributed by atoms with Crippen LogP contribution in [0.25, 0.3) is 21.8 Å². The number of rotatable bonds is 9. The summed E-state index contributed by atoms with van der Waals surface area (Å²) in [5.74, 6) is 0.755. The van der Waals surface area contributed by atoms with Crippen LogP contribution < -0.4 is 15.4 Å². The van der Waals surface area contributed by atoms with E-state index < -0.39 is 5.97 Å². The third-order valence-corrected chi connectivity index (χ3v) is 5.31. The van der Waals surface area contributed by atoms with E-state index in [0.717, 1.165) is 27.4 Å². The predicted molar refractivity (Wildman–Crippen MR) is 122 cm³/mol. The molecule has 0 unspecified atom stereocenters. The van der Waals surface area contributed by atoms with E-state index in [0.29, 0.717) is 35.5 Å². The van der Waals surface area contributed by atoms with Gasteiger partial charge < -0.3 is 20.5 Å². The maximum Gasteiger partial charge on any atom is 0.305 e. The van der Waals surface area contributed by atoms with Crippen LogP contribution in [0.3, 0.4) is 0 Å². The van der Waals surface area contributed by atoms with E-state index in [9.17, 15) is 4.79 Å². The van der Waals surface area contributed by atoms with E-state index in [-0.39, 0.29) is 13.0 Å². The number of carboxylic acid groups (broad SMARTS) is 1. The largest absolute Gasteiger partial charge is 0.495 e. The number of halogens is 1. The van der Waals surface area contributed by atoms with E-state index in [1.54, 1.807) is 24.2 Å². The standard InChI is InChI=1S/C21H22ClN7O3/c1-3-29-21-14(11-26-29)18-13(10-25-21)19(23-7-6-17(30)31)27-28-20(18)24-9-12-4-5-16(32-2)15(22)8-12/h4-5,8,10-11H,3,6-7,9H2,1-2H3,(H,23,27)(H,24,28)(H,30,31).